The van der Waals surface area contributed by atoms with Gasteiger partial charge in [-0.25, -0.2) is 14.1 Å². The van der Waals surface area contributed by atoms with Crippen molar-refractivity contribution in [3.8, 4) is 0 Å². The van der Waals surface area contributed by atoms with E-state index in [0.717, 1.165) is 10.9 Å². The van der Waals surface area contributed by atoms with Crippen LogP contribution in [0.1, 0.15) is 6.23 Å². The normalized spacial score (nSPS) is 26.0. The zero-order valence-electron chi connectivity index (χ0n) is 15.5. The third-order valence-corrected chi connectivity index (χ3v) is 5.77. The summed E-state index contributed by atoms with van der Waals surface area (Å²) in [5.41, 5.74) is 4.47. The van der Waals surface area contributed by atoms with Crippen molar-refractivity contribution in [1.82, 2.24) is 19.5 Å². The SMILES string of the molecule is Nc1nc2c(ncn2[C@@H]2O[C@H](COP(=O)(O)OP(=O)(O)O)[C@@H]([O-])[C@H]2[O-])c(=O)[nH]1.[Li+].[Li+]. The van der Waals surface area contributed by atoms with Gasteiger partial charge >= 0.3 is 53.4 Å². The van der Waals surface area contributed by atoms with Crippen LogP contribution in [0.3, 0.4) is 0 Å². The van der Waals surface area contributed by atoms with E-state index < -0.39 is 52.4 Å². The van der Waals surface area contributed by atoms with Gasteiger partial charge in [-0.15, -0.1) is 6.10 Å². The van der Waals surface area contributed by atoms with Gasteiger partial charge in [0.15, 0.2) is 11.2 Å². The van der Waals surface area contributed by atoms with Crippen LogP contribution in [0, 0.1) is 0 Å². The van der Waals surface area contributed by atoms with Crippen molar-refractivity contribution in [3.63, 3.8) is 0 Å². The van der Waals surface area contributed by atoms with Crippen molar-refractivity contribution in [2.24, 2.45) is 0 Å². The van der Waals surface area contributed by atoms with Gasteiger partial charge in [-0.1, -0.05) is 6.10 Å². The number of phosphoric ester groups is 1. The molecule has 156 valence electrons. The zero-order valence-corrected chi connectivity index (χ0v) is 17.3. The van der Waals surface area contributed by atoms with Crippen molar-refractivity contribution in [2.45, 2.75) is 24.5 Å². The molecule has 1 unspecified atom stereocenters. The molecule has 0 radical (unpaired) electrons. The number of phosphoric acid groups is 2. The Labute approximate surface area is 191 Å². The number of aromatic amines is 1. The van der Waals surface area contributed by atoms with Gasteiger partial charge < -0.3 is 35.4 Å². The molecule has 0 bridgehead atoms. The van der Waals surface area contributed by atoms with Gasteiger partial charge in [0.2, 0.25) is 5.95 Å². The number of ether oxygens (including phenoxy) is 1. The summed E-state index contributed by atoms with van der Waals surface area (Å²) in [4.78, 5) is 47.9. The third-order valence-electron chi connectivity index (χ3n) is 3.62. The van der Waals surface area contributed by atoms with Crippen LogP contribution in [-0.4, -0.2) is 59.1 Å². The predicted molar refractivity (Wildman–Crippen MR) is 83.0 cm³/mol. The summed E-state index contributed by atoms with van der Waals surface area (Å²) in [6, 6.07) is 0. The molecular weight excluding hydrogens is 442 g/mol. The molecule has 1 saturated heterocycles. The molecule has 1 aliphatic heterocycles. The van der Waals surface area contributed by atoms with Gasteiger partial charge in [0.1, 0.15) is 6.23 Å². The number of fused-ring (bicyclic) bond motifs is 1. The molecule has 6 N–H and O–H groups in total. The smallest absolute Gasteiger partial charge is 0.851 e. The van der Waals surface area contributed by atoms with Gasteiger partial charge in [0.25, 0.3) is 5.56 Å². The number of anilines is 1. The Hall–Kier alpha value is -0.515. The van der Waals surface area contributed by atoms with Crippen LogP contribution in [-0.2, 0) is 22.7 Å². The monoisotopic (exact) mass is 455 g/mol. The summed E-state index contributed by atoms with van der Waals surface area (Å²) in [7, 11) is -10.6. The summed E-state index contributed by atoms with van der Waals surface area (Å²) >= 11 is 0. The van der Waals surface area contributed by atoms with Crippen LogP contribution in [0.4, 0.5) is 5.95 Å². The van der Waals surface area contributed by atoms with Gasteiger partial charge in [-0.3, -0.25) is 18.9 Å². The fraction of sp³-hybridized carbons (Fsp3) is 0.500. The van der Waals surface area contributed by atoms with E-state index in [4.69, 9.17) is 20.3 Å². The van der Waals surface area contributed by atoms with Crippen LogP contribution in [0.2, 0.25) is 0 Å². The first-order valence-corrected chi connectivity index (χ1v) is 10.3. The van der Waals surface area contributed by atoms with E-state index in [2.05, 4.69) is 23.8 Å². The standard InChI is InChI=1S/C10H13N5O11P2.2Li/c11-10-13-7-4(8(18)14-10)12-2-15(7)9-6(17)5(16)3(25-9)1-24-28(22,23)26-27(19,20)21;;/h2-3,5-6,9H,1H2,(H,22,23)(H2,19,20,21)(H3,11,13,14,18);;/q-2;2*+1/t3-,5-,6-,9-;;/m1../s1. The summed E-state index contributed by atoms with van der Waals surface area (Å²) < 4.78 is 36.2. The van der Waals surface area contributed by atoms with E-state index in [9.17, 15) is 29.0 Å². The second kappa shape index (κ2) is 9.96. The maximum Gasteiger partial charge on any atom is 1.00 e. The van der Waals surface area contributed by atoms with Crippen molar-refractivity contribution in [1.29, 1.82) is 0 Å². The number of H-pyrrole nitrogens is 1. The molecule has 16 nitrogen and oxygen atoms in total. The average Bonchev–Trinajstić information content (AvgIpc) is 3.06. The van der Waals surface area contributed by atoms with Crippen molar-refractivity contribution >= 4 is 32.8 Å². The summed E-state index contributed by atoms with van der Waals surface area (Å²) in [6.45, 7) is -0.972. The van der Waals surface area contributed by atoms with E-state index in [-0.39, 0.29) is 54.8 Å². The number of hydrogen-bond acceptors (Lipinski definition) is 11. The number of rotatable bonds is 6. The first-order valence-electron chi connectivity index (χ1n) is 7.31. The molecule has 0 aromatic carbocycles. The number of imidazole rings is 1. The summed E-state index contributed by atoms with van der Waals surface area (Å²) in [6.07, 6.45) is -6.02. The van der Waals surface area contributed by atoms with Gasteiger partial charge in [-0.2, -0.15) is 9.29 Å². The Bertz CT molecular complexity index is 1040. The van der Waals surface area contributed by atoms with Crippen molar-refractivity contribution < 1.29 is 85.3 Å². The minimum atomic E-state index is -5.35. The number of aromatic nitrogens is 4. The minimum Gasteiger partial charge on any atom is -0.851 e. The molecule has 3 rings (SSSR count). The number of nitrogens with two attached hydrogens (primary N) is 1. The molecule has 0 aliphatic carbocycles. The van der Waals surface area contributed by atoms with E-state index >= 15 is 0 Å². The van der Waals surface area contributed by atoms with Crippen LogP contribution in [0.5, 0.6) is 0 Å². The third kappa shape index (κ3) is 6.04. The Balaban J connectivity index is 0.00000225. The Morgan fingerprint density at radius 3 is 2.50 bits per heavy atom. The van der Waals surface area contributed by atoms with Crippen molar-refractivity contribution in [2.75, 3.05) is 12.3 Å². The molecule has 1 fully saturated rings. The fourth-order valence-corrected chi connectivity index (χ4v) is 4.12. The second-order valence-electron chi connectivity index (χ2n) is 5.61. The molecule has 2 aromatic rings. The van der Waals surface area contributed by atoms with E-state index in [0.29, 0.717) is 0 Å². The van der Waals surface area contributed by atoms with Crippen LogP contribution < -0.4 is 59.2 Å². The van der Waals surface area contributed by atoms with E-state index in [1.807, 2.05) is 0 Å². The topological polar surface area (TPSA) is 258 Å². The molecule has 5 atom stereocenters. The Morgan fingerprint density at radius 1 is 1.27 bits per heavy atom. The van der Waals surface area contributed by atoms with Gasteiger partial charge in [0, 0.05) is 0 Å². The zero-order chi connectivity index (χ0) is 20.9. The summed E-state index contributed by atoms with van der Waals surface area (Å²) in [5.74, 6) is -0.269. The molecular formula is C10H13Li2N5O11P2. The van der Waals surface area contributed by atoms with Crippen molar-refractivity contribution in [3.05, 3.63) is 16.7 Å². The first kappa shape index (κ1) is 27.5. The maximum atomic E-state index is 12.3. The number of nitrogen functional groups attached to an aromatic ring is 1. The van der Waals surface area contributed by atoms with E-state index in [1.165, 1.54) is 0 Å². The Morgan fingerprint density at radius 2 is 1.90 bits per heavy atom. The fourth-order valence-electron chi connectivity index (χ4n) is 2.52. The molecule has 30 heavy (non-hydrogen) atoms. The molecule has 3 heterocycles. The maximum absolute atomic E-state index is 12.3. The molecule has 20 heteroatoms. The molecule has 1 aliphatic rings. The predicted octanol–water partition coefficient (Wildman–Crippen LogP) is -9.71. The van der Waals surface area contributed by atoms with Gasteiger partial charge in [0.05, 0.1) is 19.0 Å². The minimum absolute atomic E-state index is 0. The van der Waals surface area contributed by atoms with Gasteiger partial charge in [-0.05, 0) is 0 Å². The molecule has 0 amide bonds. The average molecular weight is 455 g/mol. The van der Waals surface area contributed by atoms with Crippen LogP contribution >= 0.6 is 15.6 Å². The Kier molecular flexibility index (Phi) is 9.13. The molecule has 0 saturated carbocycles. The largest absolute Gasteiger partial charge is 1.00 e. The van der Waals surface area contributed by atoms with Crippen LogP contribution in [0.25, 0.3) is 11.2 Å². The quantitative estimate of drug-likeness (QED) is 0.200. The molecule has 0 spiro atoms. The van der Waals surface area contributed by atoms with E-state index in [1.54, 1.807) is 0 Å². The summed E-state index contributed by atoms with van der Waals surface area (Å²) in [5, 5.41) is 24.4. The molecule has 2 aromatic heterocycles. The second-order valence-corrected chi connectivity index (χ2v) is 8.44. The number of hydrogen-bond donors (Lipinski definition) is 5. The number of nitrogens with zero attached hydrogens (tertiary/aromatic N) is 3. The van der Waals surface area contributed by atoms with Crippen LogP contribution in [0.15, 0.2) is 11.1 Å². The first-order chi connectivity index (χ1) is 12.9. The number of nitrogens with one attached hydrogen (secondary N) is 1.